The molecule has 0 spiro atoms. The number of phenols is 2. The molecule has 0 amide bonds. The van der Waals surface area contributed by atoms with Gasteiger partial charge in [0.05, 0.1) is 5.52 Å². The van der Waals surface area contributed by atoms with Gasteiger partial charge in [-0.1, -0.05) is 20.8 Å². The lowest BCUT2D eigenvalue weighted by Gasteiger charge is -2.16. The van der Waals surface area contributed by atoms with Gasteiger partial charge in [-0.2, -0.15) is 0 Å². The number of rotatable bonds is 4. The molecule has 0 aliphatic rings. The summed E-state index contributed by atoms with van der Waals surface area (Å²) in [6.45, 7) is 6.25. The minimum absolute atomic E-state index is 0.137. The van der Waals surface area contributed by atoms with Crippen molar-refractivity contribution in [2.24, 2.45) is 0 Å². The smallest absolute Gasteiger partial charge is 0.121 e. The number of hydrogen-bond acceptors (Lipinski definition) is 4. The Morgan fingerprint density at radius 1 is 0.821 bits per heavy atom. The molecule has 142 valence electrons. The van der Waals surface area contributed by atoms with Crippen LogP contribution in [-0.2, 0) is 6.42 Å². The number of hydrogen-bond donors (Lipinski definition) is 2. The number of phenolic OH excluding ortho intramolecular Hbond substituents is 2. The molecule has 4 nitrogen and oxygen atoms in total. The van der Waals surface area contributed by atoms with Crippen LogP contribution in [0.4, 0.5) is 0 Å². The summed E-state index contributed by atoms with van der Waals surface area (Å²) in [7, 11) is 0. The highest BCUT2D eigenvalue weighted by Gasteiger charge is 2.14. The fourth-order valence-corrected chi connectivity index (χ4v) is 3.80. The second-order valence-corrected chi connectivity index (χ2v) is 7.84. The molecule has 0 aliphatic heterocycles. The fraction of sp³-hybridized carbons (Fsp3) is 0.250. The lowest BCUT2D eigenvalue weighted by molar-refractivity contribution is 0.463. The maximum Gasteiger partial charge on any atom is 0.121 e. The van der Waals surface area contributed by atoms with Crippen LogP contribution >= 0.6 is 0 Å². The SMILES string of the molecule is CC(C)c1cc2cc(CC(C)c3cc4ccncc4cc3O)cnc2cc1O. The topological polar surface area (TPSA) is 66.2 Å². The fourth-order valence-electron chi connectivity index (χ4n) is 3.80. The van der Waals surface area contributed by atoms with E-state index in [9.17, 15) is 10.2 Å². The number of pyridine rings is 2. The van der Waals surface area contributed by atoms with Gasteiger partial charge in [0, 0.05) is 35.4 Å². The molecule has 2 heterocycles. The number of fused-ring (bicyclic) bond motifs is 2. The Labute approximate surface area is 164 Å². The van der Waals surface area contributed by atoms with Gasteiger partial charge in [0.2, 0.25) is 0 Å². The first-order valence-corrected chi connectivity index (χ1v) is 9.60. The lowest BCUT2D eigenvalue weighted by atomic mass is 9.91. The molecule has 4 aromatic rings. The highest BCUT2D eigenvalue weighted by atomic mass is 16.3. The van der Waals surface area contributed by atoms with E-state index in [4.69, 9.17) is 0 Å². The van der Waals surface area contributed by atoms with Gasteiger partial charge in [-0.15, -0.1) is 0 Å². The summed E-state index contributed by atoms with van der Waals surface area (Å²) in [5.74, 6) is 0.981. The van der Waals surface area contributed by atoms with E-state index >= 15 is 0 Å². The van der Waals surface area contributed by atoms with Crippen LogP contribution in [0.15, 0.2) is 55.0 Å². The normalized spacial score (nSPS) is 12.7. The molecular weight excluding hydrogens is 348 g/mol. The largest absolute Gasteiger partial charge is 0.508 e. The van der Waals surface area contributed by atoms with Crippen LogP contribution in [0.2, 0.25) is 0 Å². The van der Waals surface area contributed by atoms with Gasteiger partial charge in [0.15, 0.2) is 0 Å². The Balaban J connectivity index is 1.67. The van der Waals surface area contributed by atoms with Crippen LogP contribution < -0.4 is 0 Å². The molecule has 4 rings (SSSR count). The van der Waals surface area contributed by atoms with Gasteiger partial charge < -0.3 is 10.2 Å². The van der Waals surface area contributed by atoms with Crippen LogP contribution in [0.3, 0.4) is 0 Å². The molecule has 1 unspecified atom stereocenters. The van der Waals surface area contributed by atoms with Crippen LogP contribution in [-0.4, -0.2) is 20.2 Å². The van der Waals surface area contributed by atoms with E-state index in [1.54, 1.807) is 24.5 Å². The third-order valence-corrected chi connectivity index (χ3v) is 5.37. The lowest BCUT2D eigenvalue weighted by Crippen LogP contribution is -2.00. The molecule has 0 fully saturated rings. The molecule has 28 heavy (non-hydrogen) atoms. The number of aromatic nitrogens is 2. The monoisotopic (exact) mass is 372 g/mol. The van der Waals surface area contributed by atoms with Gasteiger partial charge >= 0.3 is 0 Å². The summed E-state index contributed by atoms with van der Waals surface area (Å²) in [4.78, 5) is 8.64. The average molecular weight is 372 g/mol. The van der Waals surface area contributed by atoms with Gasteiger partial charge in [0.1, 0.15) is 11.5 Å². The summed E-state index contributed by atoms with van der Waals surface area (Å²) in [6.07, 6.45) is 6.15. The van der Waals surface area contributed by atoms with E-state index < -0.39 is 0 Å². The van der Waals surface area contributed by atoms with Crippen molar-refractivity contribution in [2.75, 3.05) is 0 Å². The quantitative estimate of drug-likeness (QED) is 0.485. The van der Waals surface area contributed by atoms with Crippen molar-refractivity contribution in [2.45, 2.75) is 39.0 Å². The van der Waals surface area contributed by atoms with E-state index in [-0.39, 0.29) is 11.8 Å². The number of nitrogens with zero attached hydrogens (tertiary/aromatic N) is 2. The highest BCUT2D eigenvalue weighted by molar-refractivity contribution is 5.84. The Bertz CT molecular complexity index is 1170. The van der Waals surface area contributed by atoms with E-state index in [0.29, 0.717) is 11.5 Å². The van der Waals surface area contributed by atoms with Crippen molar-refractivity contribution < 1.29 is 10.2 Å². The first kappa shape index (κ1) is 18.2. The molecule has 4 heteroatoms. The second kappa shape index (κ2) is 7.12. The minimum Gasteiger partial charge on any atom is -0.508 e. The van der Waals surface area contributed by atoms with Crippen molar-refractivity contribution in [3.05, 3.63) is 71.7 Å². The Hall–Kier alpha value is -3.14. The summed E-state index contributed by atoms with van der Waals surface area (Å²) in [5.41, 5.74) is 3.75. The van der Waals surface area contributed by atoms with Gasteiger partial charge in [-0.3, -0.25) is 9.97 Å². The molecule has 0 aliphatic carbocycles. The zero-order chi connectivity index (χ0) is 19.8. The maximum atomic E-state index is 10.5. The third kappa shape index (κ3) is 3.38. The van der Waals surface area contributed by atoms with E-state index in [2.05, 4.69) is 36.8 Å². The van der Waals surface area contributed by atoms with Crippen molar-refractivity contribution in [1.29, 1.82) is 0 Å². The predicted molar refractivity (Wildman–Crippen MR) is 113 cm³/mol. The predicted octanol–water partition coefficient (Wildman–Crippen LogP) is 5.66. The van der Waals surface area contributed by atoms with Crippen molar-refractivity contribution in [3.63, 3.8) is 0 Å². The zero-order valence-electron chi connectivity index (χ0n) is 16.3. The summed E-state index contributed by atoms with van der Waals surface area (Å²) >= 11 is 0. The Morgan fingerprint density at radius 3 is 2.36 bits per heavy atom. The minimum atomic E-state index is 0.137. The standard InChI is InChI=1S/C24H24N2O2/c1-14(2)20-9-18-7-16(12-26-22(18)11-24(20)28)6-15(3)21-8-17-4-5-25-13-19(17)10-23(21)27/h4-5,7-15,27-28H,6H2,1-3H3. The third-order valence-electron chi connectivity index (χ3n) is 5.37. The molecule has 2 N–H and O–H groups in total. The van der Waals surface area contributed by atoms with Crippen LogP contribution in [0.5, 0.6) is 11.5 Å². The zero-order valence-corrected chi connectivity index (χ0v) is 16.3. The first-order chi connectivity index (χ1) is 13.4. The first-order valence-electron chi connectivity index (χ1n) is 9.60. The molecule has 2 aromatic heterocycles. The van der Waals surface area contributed by atoms with Crippen LogP contribution in [0.1, 0.15) is 49.3 Å². The summed E-state index contributed by atoms with van der Waals surface area (Å²) in [5, 5.41) is 23.7. The van der Waals surface area contributed by atoms with E-state index in [1.165, 1.54) is 0 Å². The number of benzene rings is 2. The molecule has 0 bridgehead atoms. The van der Waals surface area contributed by atoms with Crippen molar-refractivity contribution in [1.82, 2.24) is 9.97 Å². The molecule has 0 saturated carbocycles. The van der Waals surface area contributed by atoms with Gasteiger partial charge in [-0.05, 0) is 70.7 Å². The summed E-state index contributed by atoms with van der Waals surface area (Å²) < 4.78 is 0. The van der Waals surface area contributed by atoms with Crippen LogP contribution in [0.25, 0.3) is 21.7 Å². The van der Waals surface area contributed by atoms with Crippen LogP contribution in [0, 0.1) is 0 Å². The highest BCUT2D eigenvalue weighted by Crippen LogP contribution is 2.34. The summed E-state index contributed by atoms with van der Waals surface area (Å²) in [6, 6.07) is 11.7. The second-order valence-electron chi connectivity index (χ2n) is 7.84. The molecule has 2 aromatic carbocycles. The average Bonchev–Trinajstić information content (AvgIpc) is 2.66. The van der Waals surface area contributed by atoms with E-state index in [1.807, 2.05) is 24.4 Å². The molecule has 0 radical (unpaired) electrons. The van der Waals surface area contributed by atoms with Crippen molar-refractivity contribution >= 4 is 21.7 Å². The van der Waals surface area contributed by atoms with E-state index in [0.717, 1.165) is 44.8 Å². The molecule has 1 atom stereocenters. The van der Waals surface area contributed by atoms with Gasteiger partial charge in [0.25, 0.3) is 0 Å². The molecule has 0 saturated heterocycles. The van der Waals surface area contributed by atoms with Gasteiger partial charge in [-0.25, -0.2) is 0 Å². The Kier molecular flexibility index (Phi) is 4.63. The number of aromatic hydroxyl groups is 2. The molecular formula is C24H24N2O2. The van der Waals surface area contributed by atoms with Crippen molar-refractivity contribution in [3.8, 4) is 11.5 Å². The Morgan fingerprint density at radius 2 is 1.57 bits per heavy atom. The maximum absolute atomic E-state index is 10.5.